The van der Waals surface area contributed by atoms with E-state index in [0.717, 1.165) is 18.5 Å². The second-order valence-corrected chi connectivity index (χ2v) is 6.29. The zero-order valence-corrected chi connectivity index (χ0v) is 14.2. The Morgan fingerprint density at radius 2 is 1.74 bits per heavy atom. The molecule has 1 N–H and O–H groups in total. The third-order valence-corrected chi connectivity index (χ3v) is 4.16. The minimum Gasteiger partial charge on any atom is -0.392 e. The summed E-state index contributed by atoms with van der Waals surface area (Å²) < 4.78 is 13.1. The number of aliphatic hydroxyl groups is 1. The molecule has 0 spiro atoms. The lowest BCUT2D eigenvalue weighted by Crippen LogP contribution is -2.31. The molecule has 1 atom stereocenters. The monoisotopic (exact) mass is 315 g/mol. The lowest BCUT2D eigenvalue weighted by atomic mass is 10.0. The first kappa shape index (κ1) is 17.6. The van der Waals surface area contributed by atoms with Gasteiger partial charge in [-0.25, -0.2) is 4.39 Å². The Labute approximate surface area is 138 Å². The molecule has 124 valence electrons. The van der Waals surface area contributed by atoms with Gasteiger partial charge in [-0.2, -0.15) is 0 Å². The van der Waals surface area contributed by atoms with Gasteiger partial charge in [0.2, 0.25) is 0 Å². The van der Waals surface area contributed by atoms with Gasteiger partial charge < -0.3 is 5.11 Å². The number of aryl methyl sites for hydroxylation is 2. The Balaban J connectivity index is 2.16. The fourth-order valence-corrected chi connectivity index (χ4v) is 2.67. The number of aliphatic hydroxyl groups excluding tert-OH is 1. The Kier molecular flexibility index (Phi) is 6.31. The number of hydrogen-bond donors (Lipinski definition) is 1. The predicted octanol–water partition coefficient (Wildman–Crippen LogP) is 4.22. The maximum atomic E-state index is 13.1. The molecular formula is C20H26FNO. The van der Waals surface area contributed by atoms with E-state index in [1.165, 1.54) is 28.8 Å². The lowest BCUT2D eigenvalue weighted by Gasteiger charge is -2.26. The average Bonchev–Trinajstić information content (AvgIpc) is 2.53. The summed E-state index contributed by atoms with van der Waals surface area (Å²) >= 11 is 0. The van der Waals surface area contributed by atoms with E-state index in [4.69, 9.17) is 0 Å². The fraction of sp³-hybridized carbons (Fsp3) is 0.400. The number of rotatable bonds is 7. The molecule has 0 aromatic heterocycles. The summed E-state index contributed by atoms with van der Waals surface area (Å²) in [5, 5.41) is 10.1. The number of nitrogens with zero attached hydrogens (tertiary/aromatic N) is 1. The SMILES string of the molecule is CCC(O)CN(Cc1ccc(F)cc1)Cc1cc(C)ccc1C. The van der Waals surface area contributed by atoms with Gasteiger partial charge >= 0.3 is 0 Å². The molecule has 0 saturated carbocycles. The van der Waals surface area contributed by atoms with Crippen molar-refractivity contribution >= 4 is 0 Å². The highest BCUT2D eigenvalue weighted by atomic mass is 19.1. The Morgan fingerprint density at radius 1 is 1.04 bits per heavy atom. The smallest absolute Gasteiger partial charge is 0.123 e. The predicted molar refractivity (Wildman–Crippen MR) is 92.7 cm³/mol. The number of hydrogen-bond acceptors (Lipinski definition) is 2. The van der Waals surface area contributed by atoms with E-state index >= 15 is 0 Å². The molecule has 23 heavy (non-hydrogen) atoms. The molecule has 2 nitrogen and oxygen atoms in total. The van der Waals surface area contributed by atoms with Crippen molar-refractivity contribution < 1.29 is 9.50 Å². The van der Waals surface area contributed by atoms with E-state index in [1.807, 2.05) is 19.1 Å². The van der Waals surface area contributed by atoms with Crippen LogP contribution in [0.3, 0.4) is 0 Å². The van der Waals surface area contributed by atoms with Crippen LogP contribution in [-0.2, 0) is 13.1 Å². The molecule has 0 aliphatic rings. The van der Waals surface area contributed by atoms with Crippen molar-refractivity contribution in [2.75, 3.05) is 6.54 Å². The zero-order valence-electron chi connectivity index (χ0n) is 14.2. The minimum absolute atomic E-state index is 0.219. The molecule has 0 heterocycles. The van der Waals surface area contributed by atoms with Crippen LogP contribution in [-0.4, -0.2) is 22.7 Å². The first-order chi connectivity index (χ1) is 11.0. The summed E-state index contributed by atoms with van der Waals surface area (Å²) in [5.41, 5.74) is 4.82. The van der Waals surface area contributed by atoms with E-state index in [9.17, 15) is 9.50 Å². The van der Waals surface area contributed by atoms with E-state index in [1.54, 1.807) is 0 Å². The molecule has 2 aromatic carbocycles. The molecule has 0 amide bonds. The van der Waals surface area contributed by atoms with Gasteiger partial charge in [0.1, 0.15) is 5.82 Å². The van der Waals surface area contributed by atoms with Crippen molar-refractivity contribution in [1.82, 2.24) is 4.90 Å². The second kappa shape index (κ2) is 8.23. The van der Waals surface area contributed by atoms with Crippen molar-refractivity contribution in [3.63, 3.8) is 0 Å². The van der Waals surface area contributed by atoms with Crippen molar-refractivity contribution in [1.29, 1.82) is 0 Å². The van der Waals surface area contributed by atoms with E-state index in [2.05, 4.69) is 36.9 Å². The molecule has 2 rings (SSSR count). The standard InChI is InChI=1S/C20H26FNO/c1-4-20(23)14-22(12-17-7-9-19(21)10-8-17)13-18-11-15(2)5-6-16(18)3/h5-11,20,23H,4,12-14H2,1-3H3. The molecule has 3 heteroatoms. The van der Waals surface area contributed by atoms with Gasteiger partial charge in [0.15, 0.2) is 0 Å². The number of benzene rings is 2. The Morgan fingerprint density at radius 3 is 2.39 bits per heavy atom. The first-order valence-electron chi connectivity index (χ1n) is 8.19. The molecule has 0 radical (unpaired) electrons. The van der Waals surface area contributed by atoms with Crippen LogP contribution in [0.4, 0.5) is 4.39 Å². The van der Waals surface area contributed by atoms with Crippen molar-refractivity contribution in [2.45, 2.75) is 46.4 Å². The molecule has 0 fully saturated rings. The summed E-state index contributed by atoms with van der Waals surface area (Å²) in [4.78, 5) is 2.23. The molecular weight excluding hydrogens is 289 g/mol. The molecule has 0 aliphatic carbocycles. The fourth-order valence-electron chi connectivity index (χ4n) is 2.67. The van der Waals surface area contributed by atoms with Crippen LogP contribution >= 0.6 is 0 Å². The highest BCUT2D eigenvalue weighted by Crippen LogP contribution is 2.16. The van der Waals surface area contributed by atoms with E-state index in [0.29, 0.717) is 13.1 Å². The quantitative estimate of drug-likeness (QED) is 0.827. The van der Waals surface area contributed by atoms with Gasteiger partial charge in [0, 0.05) is 19.6 Å². The topological polar surface area (TPSA) is 23.5 Å². The van der Waals surface area contributed by atoms with Crippen LogP contribution in [0, 0.1) is 19.7 Å². The normalized spacial score (nSPS) is 12.6. The molecule has 0 aliphatic heterocycles. The van der Waals surface area contributed by atoms with Gasteiger partial charge in [-0.1, -0.05) is 42.8 Å². The van der Waals surface area contributed by atoms with Gasteiger partial charge in [0.25, 0.3) is 0 Å². The van der Waals surface area contributed by atoms with Gasteiger partial charge in [-0.3, -0.25) is 4.90 Å². The second-order valence-electron chi connectivity index (χ2n) is 6.29. The summed E-state index contributed by atoms with van der Waals surface area (Å²) in [5.74, 6) is -0.219. The summed E-state index contributed by atoms with van der Waals surface area (Å²) in [6, 6.07) is 13.0. The maximum absolute atomic E-state index is 13.1. The van der Waals surface area contributed by atoms with Crippen LogP contribution in [0.5, 0.6) is 0 Å². The van der Waals surface area contributed by atoms with Crippen molar-refractivity contribution in [2.24, 2.45) is 0 Å². The van der Waals surface area contributed by atoms with Crippen LogP contribution in [0.2, 0.25) is 0 Å². The minimum atomic E-state index is -0.347. The van der Waals surface area contributed by atoms with Crippen LogP contribution in [0.15, 0.2) is 42.5 Å². The van der Waals surface area contributed by atoms with Crippen LogP contribution < -0.4 is 0 Å². The molecule has 0 bridgehead atoms. The third kappa shape index (κ3) is 5.45. The summed E-state index contributed by atoms with van der Waals surface area (Å²) in [6.07, 6.45) is 0.382. The molecule has 0 saturated heterocycles. The van der Waals surface area contributed by atoms with E-state index in [-0.39, 0.29) is 11.9 Å². The zero-order chi connectivity index (χ0) is 16.8. The van der Waals surface area contributed by atoms with Crippen LogP contribution in [0.1, 0.15) is 35.6 Å². The highest BCUT2D eigenvalue weighted by Gasteiger charge is 2.13. The largest absolute Gasteiger partial charge is 0.392 e. The van der Waals surface area contributed by atoms with E-state index < -0.39 is 0 Å². The van der Waals surface area contributed by atoms with Crippen LogP contribution in [0.25, 0.3) is 0 Å². The maximum Gasteiger partial charge on any atom is 0.123 e. The number of halogens is 1. The molecule has 2 aromatic rings. The summed E-state index contributed by atoms with van der Waals surface area (Å²) in [7, 11) is 0. The molecule has 1 unspecified atom stereocenters. The van der Waals surface area contributed by atoms with Gasteiger partial charge in [-0.15, -0.1) is 0 Å². The van der Waals surface area contributed by atoms with Gasteiger partial charge in [-0.05, 0) is 49.1 Å². The Hall–Kier alpha value is -1.71. The Bertz CT molecular complexity index is 624. The van der Waals surface area contributed by atoms with Crippen molar-refractivity contribution in [3.8, 4) is 0 Å². The highest BCUT2D eigenvalue weighted by molar-refractivity contribution is 5.30. The average molecular weight is 315 g/mol. The first-order valence-corrected chi connectivity index (χ1v) is 8.19. The lowest BCUT2D eigenvalue weighted by molar-refractivity contribution is 0.101. The third-order valence-electron chi connectivity index (χ3n) is 4.16. The summed E-state index contributed by atoms with van der Waals surface area (Å²) in [6.45, 7) is 8.28. The van der Waals surface area contributed by atoms with Crippen molar-refractivity contribution in [3.05, 3.63) is 70.5 Å². The van der Waals surface area contributed by atoms with Gasteiger partial charge in [0.05, 0.1) is 6.10 Å².